The second kappa shape index (κ2) is 4.83. The van der Waals surface area contributed by atoms with Crippen LogP contribution in [0.1, 0.15) is 11.1 Å². The number of fused-ring (bicyclic) bond motifs is 1. The molecule has 0 saturated carbocycles. The molecule has 0 aliphatic carbocycles. The average molecular weight is 226 g/mol. The molecule has 0 unspecified atom stereocenters. The Balaban J connectivity index is 2.52. The molecule has 0 spiro atoms. The third kappa shape index (κ3) is 2.36. The SMILES string of the molecule is COC(=O)/C=C\c1ccc(C)c2ccccc12. The van der Waals surface area contributed by atoms with Crippen LogP contribution in [0.3, 0.4) is 0 Å². The first-order chi connectivity index (χ1) is 8.22. The van der Waals surface area contributed by atoms with Gasteiger partial charge in [0.25, 0.3) is 0 Å². The zero-order valence-corrected chi connectivity index (χ0v) is 9.94. The highest BCUT2D eigenvalue weighted by Gasteiger charge is 2.01. The fourth-order valence-electron chi connectivity index (χ4n) is 1.84. The molecule has 2 heteroatoms. The molecule has 0 heterocycles. The zero-order chi connectivity index (χ0) is 12.3. The Morgan fingerprint density at radius 3 is 2.53 bits per heavy atom. The van der Waals surface area contributed by atoms with Crippen LogP contribution in [0.2, 0.25) is 0 Å². The van der Waals surface area contributed by atoms with Gasteiger partial charge in [-0.1, -0.05) is 36.4 Å². The van der Waals surface area contributed by atoms with Crippen molar-refractivity contribution in [3.8, 4) is 0 Å². The number of carbonyl (C=O) groups is 1. The van der Waals surface area contributed by atoms with E-state index >= 15 is 0 Å². The Morgan fingerprint density at radius 2 is 1.82 bits per heavy atom. The summed E-state index contributed by atoms with van der Waals surface area (Å²) in [6, 6.07) is 12.2. The van der Waals surface area contributed by atoms with Gasteiger partial charge in [-0.15, -0.1) is 0 Å². The van der Waals surface area contributed by atoms with Gasteiger partial charge < -0.3 is 4.74 Å². The molecule has 0 aromatic heterocycles. The van der Waals surface area contributed by atoms with Crippen molar-refractivity contribution >= 4 is 22.8 Å². The zero-order valence-electron chi connectivity index (χ0n) is 9.94. The summed E-state index contributed by atoms with van der Waals surface area (Å²) in [4.78, 5) is 11.1. The maximum absolute atomic E-state index is 11.1. The van der Waals surface area contributed by atoms with Crippen LogP contribution in [0.5, 0.6) is 0 Å². The van der Waals surface area contributed by atoms with E-state index in [9.17, 15) is 4.79 Å². The molecule has 0 saturated heterocycles. The molecule has 0 aliphatic heterocycles. The first-order valence-electron chi connectivity index (χ1n) is 5.47. The Labute approximate surface area is 101 Å². The van der Waals surface area contributed by atoms with E-state index < -0.39 is 0 Å². The van der Waals surface area contributed by atoms with E-state index in [1.807, 2.05) is 18.2 Å². The first kappa shape index (κ1) is 11.4. The number of ether oxygens (including phenoxy) is 1. The minimum absolute atomic E-state index is 0.338. The summed E-state index contributed by atoms with van der Waals surface area (Å²) >= 11 is 0. The number of hydrogen-bond acceptors (Lipinski definition) is 2. The van der Waals surface area contributed by atoms with Crippen LogP contribution in [0.15, 0.2) is 42.5 Å². The second-order valence-corrected chi connectivity index (χ2v) is 3.87. The van der Waals surface area contributed by atoms with Crippen molar-refractivity contribution in [2.45, 2.75) is 6.92 Å². The topological polar surface area (TPSA) is 26.3 Å². The maximum atomic E-state index is 11.1. The molecule has 0 atom stereocenters. The summed E-state index contributed by atoms with van der Waals surface area (Å²) in [5.41, 5.74) is 2.26. The predicted octanol–water partition coefficient (Wildman–Crippen LogP) is 3.33. The molecule has 2 aromatic carbocycles. The van der Waals surface area contributed by atoms with Crippen LogP contribution in [-0.4, -0.2) is 13.1 Å². The highest BCUT2D eigenvalue weighted by atomic mass is 16.5. The standard InChI is InChI=1S/C15H14O2/c1-11-7-8-12(9-10-15(16)17-2)14-6-4-3-5-13(11)14/h3-10H,1-2H3/b10-9-. The molecule has 17 heavy (non-hydrogen) atoms. The minimum atomic E-state index is -0.338. The van der Waals surface area contributed by atoms with Crippen LogP contribution in [0.25, 0.3) is 16.8 Å². The molecule has 0 radical (unpaired) electrons. The van der Waals surface area contributed by atoms with Crippen LogP contribution >= 0.6 is 0 Å². The van der Waals surface area contributed by atoms with Gasteiger partial charge in [0.1, 0.15) is 0 Å². The van der Waals surface area contributed by atoms with E-state index in [0.29, 0.717) is 0 Å². The lowest BCUT2D eigenvalue weighted by atomic mass is 10.00. The van der Waals surface area contributed by atoms with Crippen molar-refractivity contribution in [1.82, 2.24) is 0 Å². The molecule has 2 nitrogen and oxygen atoms in total. The Morgan fingerprint density at radius 1 is 1.12 bits per heavy atom. The van der Waals surface area contributed by atoms with E-state index in [1.165, 1.54) is 24.1 Å². The number of carbonyl (C=O) groups excluding carboxylic acids is 1. The fourth-order valence-corrected chi connectivity index (χ4v) is 1.84. The average Bonchev–Trinajstić information content (AvgIpc) is 2.38. The molecule has 2 rings (SSSR count). The smallest absolute Gasteiger partial charge is 0.330 e. The first-order valence-corrected chi connectivity index (χ1v) is 5.47. The van der Waals surface area contributed by atoms with Gasteiger partial charge in [-0.2, -0.15) is 0 Å². The summed E-state index contributed by atoms with van der Waals surface area (Å²) < 4.78 is 4.58. The van der Waals surface area contributed by atoms with E-state index in [1.54, 1.807) is 6.08 Å². The number of rotatable bonds is 2. The van der Waals surface area contributed by atoms with Crippen molar-refractivity contribution in [3.63, 3.8) is 0 Å². The number of methoxy groups -OCH3 is 1. The molecule has 0 aliphatic rings. The Bertz CT molecular complexity index is 582. The van der Waals surface area contributed by atoms with E-state index in [4.69, 9.17) is 0 Å². The molecule has 0 fully saturated rings. The van der Waals surface area contributed by atoms with E-state index in [0.717, 1.165) is 10.9 Å². The monoisotopic (exact) mass is 226 g/mol. The predicted molar refractivity (Wildman–Crippen MR) is 69.7 cm³/mol. The summed E-state index contributed by atoms with van der Waals surface area (Å²) in [6.07, 6.45) is 3.23. The van der Waals surface area contributed by atoms with Gasteiger partial charge in [0, 0.05) is 6.08 Å². The van der Waals surface area contributed by atoms with Crippen molar-refractivity contribution in [1.29, 1.82) is 0 Å². The van der Waals surface area contributed by atoms with Crippen molar-refractivity contribution < 1.29 is 9.53 Å². The quantitative estimate of drug-likeness (QED) is 0.580. The van der Waals surface area contributed by atoms with Gasteiger partial charge in [-0.05, 0) is 34.9 Å². The molecule has 2 aromatic rings. The summed E-state index contributed by atoms with van der Waals surface area (Å²) in [5.74, 6) is -0.338. The van der Waals surface area contributed by atoms with Crippen LogP contribution in [0, 0.1) is 6.92 Å². The minimum Gasteiger partial charge on any atom is -0.466 e. The van der Waals surface area contributed by atoms with Gasteiger partial charge in [-0.25, -0.2) is 4.79 Å². The van der Waals surface area contributed by atoms with Gasteiger partial charge in [0.2, 0.25) is 0 Å². The highest BCUT2D eigenvalue weighted by molar-refractivity contribution is 5.96. The third-order valence-corrected chi connectivity index (χ3v) is 2.78. The lowest BCUT2D eigenvalue weighted by molar-refractivity contribution is -0.134. The van der Waals surface area contributed by atoms with Gasteiger partial charge in [-0.3, -0.25) is 0 Å². The van der Waals surface area contributed by atoms with Gasteiger partial charge in [0.15, 0.2) is 0 Å². The summed E-state index contributed by atoms with van der Waals surface area (Å²) in [6.45, 7) is 2.08. The molecule has 0 amide bonds. The summed E-state index contributed by atoms with van der Waals surface area (Å²) in [7, 11) is 1.37. The molecular formula is C15H14O2. The van der Waals surface area contributed by atoms with Crippen molar-refractivity contribution in [3.05, 3.63) is 53.6 Å². The normalized spacial score (nSPS) is 10.9. The fraction of sp³-hybridized carbons (Fsp3) is 0.133. The highest BCUT2D eigenvalue weighted by Crippen LogP contribution is 2.23. The number of hydrogen-bond donors (Lipinski definition) is 0. The second-order valence-electron chi connectivity index (χ2n) is 3.87. The van der Waals surface area contributed by atoms with Crippen LogP contribution < -0.4 is 0 Å². The summed E-state index contributed by atoms with van der Waals surface area (Å²) in [5, 5.41) is 2.35. The number of aryl methyl sites for hydroxylation is 1. The Hall–Kier alpha value is -2.09. The maximum Gasteiger partial charge on any atom is 0.330 e. The third-order valence-electron chi connectivity index (χ3n) is 2.78. The molecular weight excluding hydrogens is 212 g/mol. The van der Waals surface area contributed by atoms with Crippen molar-refractivity contribution in [2.24, 2.45) is 0 Å². The van der Waals surface area contributed by atoms with Crippen molar-refractivity contribution in [2.75, 3.05) is 7.11 Å². The molecule has 0 bridgehead atoms. The van der Waals surface area contributed by atoms with Gasteiger partial charge >= 0.3 is 5.97 Å². The van der Waals surface area contributed by atoms with Gasteiger partial charge in [0.05, 0.1) is 7.11 Å². The Kier molecular flexibility index (Phi) is 3.24. The van der Waals surface area contributed by atoms with E-state index in [-0.39, 0.29) is 5.97 Å². The number of benzene rings is 2. The van der Waals surface area contributed by atoms with Crippen LogP contribution in [0.4, 0.5) is 0 Å². The lowest BCUT2D eigenvalue weighted by Gasteiger charge is -2.05. The molecule has 0 N–H and O–H groups in total. The van der Waals surface area contributed by atoms with Crippen LogP contribution in [-0.2, 0) is 9.53 Å². The number of esters is 1. The largest absolute Gasteiger partial charge is 0.466 e. The van der Waals surface area contributed by atoms with E-state index in [2.05, 4.69) is 29.9 Å². The molecule has 86 valence electrons. The lowest BCUT2D eigenvalue weighted by Crippen LogP contribution is -1.93.